The van der Waals surface area contributed by atoms with E-state index in [1.807, 2.05) is 18.2 Å². The summed E-state index contributed by atoms with van der Waals surface area (Å²) in [5.74, 6) is -0.761. The lowest BCUT2D eigenvalue weighted by atomic mass is 10.1. The van der Waals surface area contributed by atoms with Gasteiger partial charge in [0.05, 0.1) is 15.7 Å². The monoisotopic (exact) mass is 207 g/mol. The molecule has 0 amide bonds. The van der Waals surface area contributed by atoms with Crippen LogP contribution in [0.15, 0.2) is 23.7 Å². The van der Waals surface area contributed by atoms with Crippen molar-refractivity contribution in [3.8, 4) is 0 Å². The zero-order valence-electron chi connectivity index (χ0n) is 7.43. The number of carbonyl (C=O) groups is 1. The molecular weight excluding hydrogens is 198 g/mol. The fraction of sp³-hybridized carbons (Fsp3) is 0.200. The number of thiazole rings is 1. The Morgan fingerprint density at radius 3 is 3.14 bits per heavy atom. The van der Waals surface area contributed by atoms with E-state index in [4.69, 9.17) is 5.11 Å². The van der Waals surface area contributed by atoms with Gasteiger partial charge in [-0.2, -0.15) is 0 Å². The summed E-state index contributed by atoms with van der Waals surface area (Å²) in [4.78, 5) is 14.6. The highest BCUT2D eigenvalue weighted by atomic mass is 32.1. The summed E-state index contributed by atoms with van der Waals surface area (Å²) in [6.07, 6.45) is 0.748. The molecule has 2 rings (SSSR count). The summed E-state index contributed by atoms with van der Waals surface area (Å²) in [7, 11) is 0. The van der Waals surface area contributed by atoms with E-state index in [0.29, 0.717) is 6.42 Å². The first kappa shape index (κ1) is 9.15. The van der Waals surface area contributed by atoms with Crippen LogP contribution >= 0.6 is 11.3 Å². The molecule has 0 unspecified atom stereocenters. The highest BCUT2D eigenvalue weighted by molar-refractivity contribution is 7.16. The number of carboxylic acid groups (broad SMARTS) is 1. The minimum atomic E-state index is -0.761. The Morgan fingerprint density at radius 2 is 2.36 bits per heavy atom. The summed E-state index contributed by atoms with van der Waals surface area (Å²) < 4.78 is 1.14. The number of carboxylic acids is 1. The first-order chi connectivity index (χ1) is 6.75. The Kier molecular flexibility index (Phi) is 2.45. The molecule has 1 aromatic carbocycles. The Balaban J connectivity index is 2.21. The molecule has 0 radical (unpaired) electrons. The molecule has 1 aromatic heterocycles. The summed E-state index contributed by atoms with van der Waals surface area (Å²) in [6.45, 7) is 0. The standard InChI is InChI=1S/C10H9NO2S/c12-10(13)4-2-7-1-3-9-8(5-7)11-6-14-9/h1,3,5-6H,2,4H2,(H,12,13). The molecule has 0 aliphatic carbocycles. The minimum absolute atomic E-state index is 0.176. The van der Waals surface area contributed by atoms with E-state index >= 15 is 0 Å². The van der Waals surface area contributed by atoms with E-state index in [9.17, 15) is 4.79 Å². The number of aliphatic carboxylic acids is 1. The van der Waals surface area contributed by atoms with E-state index in [1.165, 1.54) is 0 Å². The fourth-order valence-electron chi connectivity index (χ4n) is 1.31. The van der Waals surface area contributed by atoms with Crippen molar-refractivity contribution >= 4 is 27.5 Å². The van der Waals surface area contributed by atoms with Gasteiger partial charge in [-0.25, -0.2) is 4.98 Å². The van der Waals surface area contributed by atoms with Crippen LogP contribution in [0.3, 0.4) is 0 Å². The highest BCUT2D eigenvalue weighted by Gasteiger charge is 2.01. The molecule has 3 nitrogen and oxygen atoms in total. The SMILES string of the molecule is O=C(O)CCc1ccc2scnc2c1. The van der Waals surface area contributed by atoms with Crippen LogP contribution in [0.25, 0.3) is 10.2 Å². The Bertz CT molecular complexity index is 464. The van der Waals surface area contributed by atoms with Crippen LogP contribution in [0, 0.1) is 0 Å². The second kappa shape index (κ2) is 3.75. The van der Waals surface area contributed by atoms with Crippen LogP contribution in [0.4, 0.5) is 0 Å². The van der Waals surface area contributed by atoms with Crippen molar-refractivity contribution in [2.45, 2.75) is 12.8 Å². The average molecular weight is 207 g/mol. The number of rotatable bonds is 3. The van der Waals surface area contributed by atoms with E-state index < -0.39 is 5.97 Å². The number of aromatic nitrogens is 1. The minimum Gasteiger partial charge on any atom is -0.481 e. The van der Waals surface area contributed by atoms with Gasteiger partial charge in [-0.3, -0.25) is 4.79 Å². The fourth-order valence-corrected chi connectivity index (χ4v) is 1.97. The Morgan fingerprint density at radius 1 is 1.50 bits per heavy atom. The van der Waals surface area contributed by atoms with Gasteiger partial charge in [-0.05, 0) is 24.1 Å². The van der Waals surface area contributed by atoms with Crippen LogP contribution in [0.1, 0.15) is 12.0 Å². The van der Waals surface area contributed by atoms with Crippen molar-refractivity contribution in [1.82, 2.24) is 4.98 Å². The molecule has 0 atom stereocenters. The van der Waals surface area contributed by atoms with E-state index in [2.05, 4.69) is 4.98 Å². The smallest absolute Gasteiger partial charge is 0.303 e. The van der Waals surface area contributed by atoms with Crippen molar-refractivity contribution in [3.63, 3.8) is 0 Å². The number of benzene rings is 1. The number of aryl methyl sites for hydroxylation is 1. The Labute approximate surface area is 85.0 Å². The molecule has 72 valence electrons. The van der Waals surface area contributed by atoms with Crippen molar-refractivity contribution in [3.05, 3.63) is 29.3 Å². The van der Waals surface area contributed by atoms with Crippen LogP contribution in [-0.2, 0) is 11.2 Å². The predicted octanol–water partition coefficient (Wildman–Crippen LogP) is 2.31. The van der Waals surface area contributed by atoms with Crippen molar-refractivity contribution in [2.24, 2.45) is 0 Å². The van der Waals surface area contributed by atoms with Gasteiger partial charge in [-0.15, -0.1) is 11.3 Å². The first-order valence-electron chi connectivity index (χ1n) is 4.29. The molecule has 0 bridgehead atoms. The van der Waals surface area contributed by atoms with Gasteiger partial charge in [0.2, 0.25) is 0 Å². The van der Waals surface area contributed by atoms with E-state index in [0.717, 1.165) is 15.8 Å². The zero-order valence-corrected chi connectivity index (χ0v) is 8.25. The molecule has 4 heteroatoms. The lowest BCUT2D eigenvalue weighted by Gasteiger charge is -1.97. The third-order valence-corrected chi connectivity index (χ3v) is 2.83. The number of hydrogen-bond donors (Lipinski definition) is 1. The van der Waals surface area contributed by atoms with Gasteiger partial charge in [0.15, 0.2) is 0 Å². The molecule has 2 aromatic rings. The molecule has 0 saturated carbocycles. The molecule has 0 aliphatic rings. The molecular formula is C10H9NO2S. The van der Waals surface area contributed by atoms with Crippen molar-refractivity contribution in [1.29, 1.82) is 0 Å². The second-order valence-corrected chi connectivity index (χ2v) is 3.93. The highest BCUT2D eigenvalue weighted by Crippen LogP contribution is 2.19. The van der Waals surface area contributed by atoms with E-state index in [-0.39, 0.29) is 6.42 Å². The van der Waals surface area contributed by atoms with Crippen molar-refractivity contribution < 1.29 is 9.90 Å². The molecule has 1 N–H and O–H groups in total. The summed E-state index contributed by atoms with van der Waals surface area (Å²) in [6, 6.07) is 5.91. The largest absolute Gasteiger partial charge is 0.481 e. The molecule has 0 fully saturated rings. The molecule has 0 spiro atoms. The van der Waals surface area contributed by atoms with Crippen LogP contribution in [0.5, 0.6) is 0 Å². The maximum absolute atomic E-state index is 10.4. The van der Waals surface area contributed by atoms with Crippen LogP contribution in [0.2, 0.25) is 0 Å². The number of nitrogens with zero attached hydrogens (tertiary/aromatic N) is 1. The van der Waals surface area contributed by atoms with Gasteiger partial charge < -0.3 is 5.11 Å². The van der Waals surface area contributed by atoms with E-state index in [1.54, 1.807) is 16.8 Å². The summed E-state index contributed by atoms with van der Waals surface area (Å²) in [5.41, 5.74) is 3.79. The normalized spacial score (nSPS) is 10.6. The number of fused-ring (bicyclic) bond motifs is 1. The van der Waals surface area contributed by atoms with Gasteiger partial charge in [0.25, 0.3) is 0 Å². The van der Waals surface area contributed by atoms with Gasteiger partial charge in [0.1, 0.15) is 0 Å². The van der Waals surface area contributed by atoms with Gasteiger partial charge in [-0.1, -0.05) is 6.07 Å². The van der Waals surface area contributed by atoms with Gasteiger partial charge in [0, 0.05) is 6.42 Å². The van der Waals surface area contributed by atoms with Crippen molar-refractivity contribution in [2.75, 3.05) is 0 Å². The zero-order chi connectivity index (χ0) is 9.97. The third-order valence-electron chi connectivity index (χ3n) is 2.02. The summed E-state index contributed by atoms with van der Waals surface area (Å²) in [5, 5.41) is 8.53. The maximum Gasteiger partial charge on any atom is 0.303 e. The summed E-state index contributed by atoms with van der Waals surface area (Å²) >= 11 is 1.59. The molecule has 1 heterocycles. The molecule has 0 aliphatic heterocycles. The second-order valence-electron chi connectivity index (χ2n) is 3.05. The topological polar surface area (TPSA) is 50.2 Å². The lowest BCUT2D eigenvalue weighted by molar-refractivity contribution is -0.136. The van der Waals surface area contributed by atoms with Crippen LogP contribution in [-0.4, -0.2) is 16.1 Å². The molecule has 0 saturated heterocycles. The lowest BCUT2D eigenvalue weighted by Crippen LogP contribution is -1.97. The maximum atomic E-state index is 10.4. The van der Waals surface area contributed by atoms with Gasteiger partial charge >= 0.3 is 5.97 Å². The number of hydrogen-bond acceptors (Lipinski definition) is 3. The first-order valence-corrected chi connectivity index (χ1v) is 5.17. The average Bonchev–Trinajstić information content (AvgIpc) is 2.61. The predicted molar refractivity (Wildman–Crippen MR) is 55.6 cm³/mol. The Hall–Kier alpha value is -1.42. The van der Waals surface area contributed by atoms with Crippen LogP contribution < -0.4 is 0 Å². The quantitative estimate of drug-likeness (QED) is 0.840. The molecule has 14 heavy (non-hydrogen) atoms. The third kappa shape index (κ3) is 1.90.